The van der Waals surface area contributed by atoms with Crippen molar-refractivity contribution in [3.8, 4) is 0 Å². The Morgan fingerprint density at radius 2 is 1.71 bits per heavy atom. The van der Waals surface area contributed by atoms with Crippen LogP contribution in [0.1, 0.15) is 24.5 Å². The van der Waals surface area contributed by atoms with Crippen molar-refractivity contribution >= 4 is 5.69 Å². The lowest BCUT2D eigenvalue weighted by molar-refractivity contribution is 0.0243. The number of anilines is 1. The number of benzene rings is 1. The standard InChI is InChI=1S/C13H20N2O2/c14-9-12(16)13(17)10-3-5-11(6-4-10)15-7-1-2-8-15/h3-6,12-13,16-17H,1-2,7-9,14H2. The summed E-state index contributed by atoms with van der Waals surface area (Å²) < 4.78 is 0. The largest absolute Gasteiger partial charge is 0.389 e. The van der Waals surface area contributed by atoms with Gasteiger partial charge in [-0.05, 0) is 30.5 Å². The van der Waals surface area contributed by atoms with Gasteiger partial charge in [0.05, 0.1) is 6.10 Å². The first-order valence-electron chi connectivity index (χ1n) is 6.13. The van der Waals surface area contributed by atoms with Crippen molar-refractivity contribution in [2.45, 2.75) is 25.0 Å². The van der Waals surface area contributed by atoms with Crippen LogP contribution in [0, 0.1) is 0 Å². The number of aliphatic hydroxyl groups is 2. The van der Waals surface area contributed by atoms with Crippen LogP contribution in [0.15, 0.2) is 24.3 Å². The van der Waals surface area contributed by atoms with Crippen molar-refractivity contribution in [2.24, 2.45) is 5.73 Å². The fourth-order valence-corrected chi connectivity index (χ4v) is 2.21. The number of hydrogen-bond donors (Lipinski definition) is 3. The quantitative estimate of drug-likeness (QED) is 0.717. The Morgan fingerprint density at radius 3 is 2.24 bits per heavy atom. The number of nitrogens with two attached hydrogens (primary N) is 1. The van der Waals surface area contributed by atoms with Crippen molar-refractivity contribution in [2.75, 3.05) is 24.5 Å². The molecule has 2 atom stereocenters. The number of nitrogens with zero attached hydrogens (tertiary/aromatic N) is 1. The number of aliphatic hydroxyl groups excluding tert-OH is 2. The molecule has 0 aliphatic carbocycles. The zero-order chi connectivity index (χ0) is 12.3. The zero-order valence-electron chi connectivity index (χ0n) is 9.92. The maximum absolute atomic E-state index is 9.80. The summed E-state index contributed by atoms with van der Waals surface area (Å²) in [6.07, 6.45) is 0.701. The lowest BCUT2D eigenvalue weighted by Crippen LogP contribution is -2.27. The summed E-state index contributed by atoms with van der Waals surface area (Å²) in [6, 6.07) is 7.70. The Kier molecular flexibility index (Phi) is 3.99. The molecule has 0 radical (unpaired) electrons. The molecule has 4 nitrogen and oxygen atoms in total. The van der Waals surface area contributed by atoms with Crippen molar-refractivity contribution < 1.29 is 10.2 Å². The lowest BCUT2D eigenvalue weighted by atomic mass is 10.0. The van der Waals surface area contributed by atoms with E-state index in [-0.39, 0.29) is 6.54 Å². The molecule has 0 aromatic heterocycles. The molecule has 1 fully saturated rings. The zero-order valence-corrected chi connectivity index (χ0v) is 9.92. The molecule has 1 heterocycles. The number of rotatable bonds is 4. The predicted octanol–water partition coefficient (Wildman–Crippen LogP) is 0.640. The summed E-state index contributed by atoms with van der Waals surface area (Å²) in [6.45, 7) is 2.27. The monoisotopic (exact) mass is 236 g/mol. The normalized spacial score (nSPS) is 19.4. The molecule has 1 aromatic rings. The Morgan fingerprint density at radius 1 is 1.12 bits per heavy atom. The van der Waals surface area contributed by atoms with Crippen LogP contribution < -0.4 is 10.6 Å². The van der Waals surface area contributed by atoms with E-state index in [4.69, 9.17) is 5.73 Å². The smallest absolute Gasteiger partial charge is 0.106 e. The topological polar surface area (TPSA) is 69.7 Å². The van der Waals surface area contributed by atoms with E-state index < -0.39 is 12.2 Å². The second-order valence-electron chi connectivity index (χ2n) is 4.53. The lowest BCUT2D eigenvalue weighted by Gasteiger charge is -2.20. The molecule has 0 saturated carbocycles. The highest BCUT2D eigenvalue weighted by Crippen LogP contribution is 2.23. The summed E-state index contributed by atoms with van der Waals surface area (Å²) >= 11 is 0. The van der Waals surface area contributed by atoms with Crippen LogP contribution in [0.25, 0.3) is 0 Å². The van der Waals surface area contributed by atoms with Crippen LogP contribution in [-0.2, 0) is 0 Å². The first-order valence-corrected chi connectivity index (χ1v) is 6.13. The Balaban J connectivity index is 2.06. The highest BCUT2D eigenvalue weighted by molar-refractivity contribution is 5.48. The average molecular weight is 236 g/mol. The van der Waals surface area contributed by atoms with Crippen molar-refractivity contribution in [1.29, 1.82) is 0 Å². The van der Waals surface area contributed by atoms with E-state index in [1.807, 2.05) is 24.3 Å². The summed E-state index contributed by atoms with van der Waals surface area (Å²) in [4.78, 5) is 2.33. The molecule has 0 bridgehead atoms. The van der Waals surface area contributed by atoms with E-state index in [0.29, 0.717) is 5.56 Å². The van der Waals surface area contributed by atoms with Crippen LogP contribution >= 0.6 is 0 Å². The van der Waals surface area contributed by atoms with Gasteiger partial charge in [0.25, 0.3) is 0 Å². The molecular formula is C13H20N2O2. The molecule has 94 valence electrons. The van der Waals surface area contributed by atoms with Crippen LogP contribution in [0.2, 0.25) is 0 Å². The average Bonchev–Trinajstić information content (AvgIpc) is 2.91. The van der Waals surface area contributed by atoms with Gasteiger partial charge < -0.3 is 20.8 Å². The van der Waals surface area contributed by atoms with Crippen LogP contribution in [0.4, 0.5) is 5.69 Å². The van der Waals surface area contributed by atoms with Gasteiger partial charge in [-0.3, -0.25) is 0 Å². The predicted molar refractivity (Wildman–Crippen MR) is 67.9 cm³/mol. The molecule has 0 spiro atoms. The van der Waals surface area contributed by atoms with Gasteiger partial charge >= 0.3 is 0 Å². The highest BCUT2D eigenvalue weighted by Gasteiger charge is 2.17. The third-order valence-corrected chi connectivity index (χ3v) is 3.31. The van der Waals surface area contributed by atoms with Crippen molar-refractivity contribution in [1.82, 2.24) is 0 Å². The summed E-state index contributed by atoms with van der Waals surface area (Å²) in [7, 11) is 0. The summed E-state index contributed by atoms with van der Waals surface area (Å²) in [5.74, 6) is 0. The van der Waals surface area contributed by atoms with Gasteiger partial charge in [0.2, 0.25) is 0 Å². The first-order chi connectivity index (χ1) is 8.22. The van der Waals surface area contributed by atoms with E-state index in [2.05, 4.69) is 4.90 Å². The van der Waals surface area contributed by atoms with Crippen molar-refractivity contribution in [3.63, 3.8) is 0 Å². The second-order valence-corrected chi connectivity index (χ2v) is 4.53. The maximum atomic E-state index is 9.80. The second kappa shape index (κ2) is 5.49. The minimum absolute atomic E-state index is 0.0645. The molecule has 2 unspecified atom stereocenters. The molecule has 0 amide bonds. The van der Waals surface area contributed by atoms with Gasteiger partial charge in [-0.15, -0.1) is 0 Å². The summed E-state index contributed by atoms with van der Waals surface area (Å²) in [5.41, 5.74) is 7.22. The van der Waals surface area contributed by atoms with Gasteiger partial charge in [0.15, 0.2) is 0 Å². The molecular weight excluding hydrogens is 216 g/mol. The molecule has 4 N–H and O–H groups in total. The van der Waals surface area contributed by atoms with Gasteiger partial charge in [-0.25, -0.2) is 0 Å². The van der Waals surface area contributed by atoms with Crippen LogP contribution in [0.5, 0.6) is 0 Å². The van der Waals surface area contributed by atoms with E-state index in [0.717, 1.165) is 13.1 Å². The maximum Gasteiger partial charge on any atom is 0.106 e. The Bertz CT molecular complexity index is 347. The minimum Gasteiger partial charge on any atom is -0.389 e. The highest BCUT2D eigenvalue weighted by atomic mass is 16.3. The molecule has 2 rings (SSSR count). The third kappa shape index (κ3) is 2.77. The minimum atomic E-state index is -0.896. The third-order valence-electron chi connectivity index (χ3n) is 3.31. The molecule has 1 saturated heterocycles. The van der Waals surface area contributed by atoms with Crippen LogP contribution in [-0.4, -0.2) is 36.0 Å². The van der Waals surface area contributed by atoms with Gasteiger partial charge in [0, 0.05) is 25.3 Å². The van der Waals surface area contributed by atoms with E-state index in [1.165, 1.54) is 18.5 Å². The molecule has 1 aliphatic rings. The molecule has 1 aromatic carbocycles. The Labute approximate surface area is 102 Å². The SMILES string of the molecule is NCC(O)C(O)c1ccc(N2CCCC2)cc1. The van der Waals surface area contributed by atoms with Gasteiger partial charge in [-0.2, -0.15) is 0 Å². The molecule has 17 heavy (non-hydrogen) atoms. The first kappa shape index (κ1) is 12.4. The van der Waals surface area contributed by atoms with Gasteiger partial charge in [-0.1, -0.05) is 12.1 Å². The molecule has 4 heteroatoms. The van der Waals surface area contributed by atoms with E-state index in [1.54, 1.807) is 0 Å². The fourth-order valence-electron chi connectivity index (χ4n) is 2.21. The van der Waals surface area contributed by atoms with E-state index >= 15 is 0 Å². The summed E-state index contributed by atoms with van der Waals surface area (Å²) in [5, 5.41) is 19.3. The molecule has 1 aliphatic heterocycles. The fraction of sp³-hybridized carbons (Fsp3) is 0.538. The van der Waals surface area contributed by atoms with E-state index in [9.17, 15) is 10.2 Å². The van der Waals surface area contributed by atoms with Crippen molar-refractivity contribution in [3.05, 3.63) is 29.8 Å². The van der Waals surface area contributed by atoms with Crippen LogP contribution in [0.3, 0.4) is 0 Å². The Hall–Kier alpha value is -1.10. The number of hydrogen-bond acceptors (Lipinski definition) is 4. The van der Waals surface area contributed by atoms with Gasteiger partial charge in [0.1, 0.15) is 6.10 Å².